The summed E-state index contributed by atoms with van der Waals surface area (Å²) in [5, 5.41) is 3.27. The van der Waals surface area contributed by atoms with Crippen LogP contribution >= 0.6 is 15.9 Å². The molecule has 1 aliphatic heterocycles. The second-order valence-electron chi connectivity index (χ2n) is 3.90. The highest BCUT2D eigenvalue weighted by Crippen LogP contribution is 2.23. The second-order valence-corrected chi connectivity index (χ2v) is 4.82. The molecule has 2 heterocycles. The van der Waals surface area contributed by atoms with Gasteiger partial charge in [0.25, 0.3) is 0 Å². The van der Waals surface area contributed by atoms with Crippen LogP contribution in [0, 0.1) is 0 Å². The number of hydrogen-bond acceptors (Lipinski definition) is 4. The van der Waals surface area contributed by atoms with Gasteiger partial charge in [-0.3, -0.25) is 0 Å². The van der Waals surface area contributed by atoms with E-state index in [9.17, 15) is 0 Å². The van der Waals surface area contributed by atoms with E-state index < -0.39 is 0 Å². The van der Waals surface area contributed by atoms with Gasteiger partial charge in [-0.25, -0.2) is 4.98 Å². The van der Waals surface area contributed by atoms with Gasteiger partial charge in [0, 0.05) is 37.4 Å². The molecule has 1 aromatic heterocycles. The maximum absolute atomic E-state index is 5.52. The standard InChI is InChI=1S/C11H15BrN2O2/c1-15-11(4-5-16-8-11)7-14-10-3-2-9(12)6-13-10/h2-3,6H,4-5,7-8H2,1H3,(H,13,14). The smallest absolute Gasteiger partial charge is 0.126 e. The van der Waals surface area contributed by atoms with Gasteiger partial charge in [0.15, 0.2) is 0 Å². The fourth-order valence-corrected chi connectivity index (χ4v) is 1.93. The van der Waals surface area contributed by atoms with Crippen LogP contribution in [0.3, 0.4) is 0 Å². The van der Waals surface area contributed by atoms with Crippen molar-refractivity contribution in [3.05, 3.63) is 22.8 Å². The third-order valence-electron chi connectivity index (χ3n) is 2.82. The molecule has 1 aromatic rings. The quantitative estimate of drug-likeness (QED) is 0.920. The number of halogens is 1. The van der Waals surface area contributed by atoms with E-state index in [0.717, 1.165) is 29.9 Å². The van der Waals surface area contributed by atoms with Crippen LogP contribution in [-0.4, -0.2) is 37.5 Å². The van der Waals surface area contributed by atoms with Gasteiger partial charge in [-0.05, 0) is 28.1 Å². The number of hydrogen-bond donors (Lipinski definition) is 1. The monoisotopic (exact) mass is 286 g/mol. The van der Waals surface area contributed by atoms with Crippen LogP contribution in [0.25, 0.3) is 0 Å². The first-order valence-corrected chi connectivity index (χ1v) is 6.02. The Morgan fingerprint density at radius 3 is 3.06 bits per heavy atom. The lowest BCUT2D eigenvalue weighted by molar-refractivity contribution is -0.00625. The molecule has 5 heteroatoms. The van der Waals surface area contributed by atoms with E-state index in [2.05, 4.69) is 26.2 Å². The highest BCUT2D eigenvalue weighted by Gasteiger charge is 2.34. The third kappa shape index (κ3) is 2.72. The average Bonchev–Trinajstić information content (AvgIpc) is 2.78. The van der Waals surface area contributed by atoms with Crippen LogP contribution in [0.2, 0.25) is 0 Å². The predicted octanol–water partition coefficient (Wildman–Crippen LogP) is 2.06. The lowest BCUT2D eigenvalue weighted by atomic mass is 10.0. The van der Waals surface area contributed by atoms with E-state index in [0.29, 0.717) is 6.61 Å². The van der Waals surface area contributed by atoms with Crippen molar-refractivity contribution in [2.45, 2.75) is 12.0 Å². The Morgan fingerprint density at radius 2 is 2.50 bits per heavy atom. The van der Waals surface area contributed by atoms with Crippen molar-refractivity contribution < 1.29 is 9.47 Å². The first-order chi connectivity index (χ1) is 7.74. The summed E-state index contributed by atoms with van der Waals surface area (Å²) >= 11 is 3.35. The van der Waals surface area contributed by atoms with E-state index >= 15 is 0 Å². The number of ether oxygens (including phenoxy) is 2. The summed E-state index contributed by atoms with van der Waals surface area (Å²) in [7, 11) is 1.73. The Kier molecular flexibility index (Phi) is 3.78. The van der Waals surface area contributed by atoms with Crippen molar-refractivity contribution in [1.82, 2.24) is 4.98 Å². The number of anilines is 1. The highest BCUT2D eigenvalue weighted by atomic mass is 79.9. The molecule has 0 aromatic carbocycles. The molecule has 0 bridgehead atoms. The van der Waals surface area contributed by atoms with Crippen molar-refractivity contribution in [3.63, 3.8) is 0 Å². The summed E-state index contributed by atoms with van der Waals surface area (Å²) < 4.78 is 11.9. The topological polar surface area (TPSA) is 43.4 Å². The Morgan fingerprint density at radius 1 is 1.62 bits per heavy atom. The molecule has 1 fully saturated rings. The van der Waals surface area contributed by atoms with Crippen LogP contribution in [0.5, 0.6) is 0 Å². The summed E-state index contributed by atoms with van der Waals surface area (Å²) in [4.78, 5) is 4.25. The number of nitrogens with one attached hydrogen (secondary N) is 1. The minimum Gasteiger partial charge on any atom is -0.378 e. The minimum atomic E-state index is -0.200. The number of pyridine rings is 1. The fourth-order valence-electron chi connectivity index (χ4n) is 1.69. The Bertz CT molecular complexity index is 336. The van der Waals surface area contributed by atoms with Crippen LogP contribution in [-0.2, 0) is 9.47 Å². The molecule has 0 spiro atoms. The summed E-state index contributed by atoms with van der Waals surface area (Å²) in [6, 6.07) is 3.89. The molecule has 2 rings (SSSR count). The molecule has 0 radical (unpaired) electrons. The van der Waals surface area contributed by atoms with Gasteiger partial charge < -0.3 is 14.8 Å². The molecule has 4 nitrogen and oxygen atoms in total. The summed E-state index contributed by atoms with van der Waals surface area (Å²) in [5.74, 6) is 0.853. The fraction of sp³-hybridized carbons (Fsp3) is 0.545. The number of aromatic nitrogens is 1. The predicted molar refractivity (Wildman–Crippen MR) is 65.6 cm³/mol. The molecule has 1 atom stereocenters. The Hall–Kier alpha value is -0.650. The van der Waals surface area contributed by atoms with E-state index in [1.54, 1.807) is 13.3 Å². The molecular formula is C11H15BrN2O2. The summed E-state index contributed by atoms with van der Waals surface area (Å²) in [5.41, 5.74) is -0.200. The molecule has 0 amide bonds. The largest absolute Gasteiger partial charge is 0.378 e. The molecule has 1 N–H and O–H groups in total. The zero-order valence-corrected chi connectivity index (χ0v) is 10.8. The van der Waals surface area contributed by atoms with Crippen molar-refractivity contribution in [2.75, 3.05) is 32.2 Å². The van der Waals surface area contributed by atoms with Crippen molar-refractivity contribution in [3.8, 4) is 0 Å². The van der Waals surface area contributed by atoms with Gasteiger partial charge in [-0.2, -0.15) is 0 Å². The zero-order chi connectivity index (χ0) is 11.4. The molecule has 1 unspecified atom stereocenters. The minimum absolute atomic E-state index is 0.200. The van der Waals surface area contributed by atoms with Gasteiger partial charge in [0.05, 0.1) is 6.61 Å². The Labute approximate surface area is 103 Å². The average molecular weight is 287 g/mol. The normalized spacial score (nSPS) is 24.6. The van der Waals surface area contributed by atoms with Gasteiger partial charge >= 0.3 is 0 Å². The molecule has 1 saturated heterocycles. The lowest BCUT2D eigenvalue weighted by Gasteiger charge is -2.26. The van der Waals surface area contributed by atoms with Crippen molar-refractivity contribution in [1.29, 1.82) is 0 Å². The van der Waals surface area contributed by atoms with Crippen molar-refractivity contribution in [2.24, 2.45) is 0 Å². The maximum atomic E-state index is 5.52. The van der Waals surface area contributed by atoms with Gasteiger partial charge in [-0.1, -0.05) is 0 Å². The first-order valence-electron chi connectivity index (χ1n) is 5.22. The SMILES string of the molecule is COC1(CNc2ccc(Br)cn2)CCOC1. The van der Waals surface area contributed by atoms with Crippen LogP contribution in [0.1, 0.15) is 6.42 Å². The summed E-state index contributed by atoms with van der Waals surface area (Å²) in [6.07, 6.45) is 2.69. The van der Waals surface area contributed by atoms with Gasteiger partial charge in [0.1, 0.15) is 11.4 Å². The number of rotatable bonds is 4. The van der Waals surface area contributed by atoms with Crippen LogP contribution < -0.4 is 5.32 Å². The highest BCUT2D eigenvalue weighted by molar-refractivity contribution is 9.10. The van der Waals surface area contributed by atoms with Crippen LogP contribution in [0.15, 0.2) is 22.8 Å². The molecule has 16 heavy (non-hydrogen) atoms. The summed E-state index contributed by atoms with van der Waals surface area (Å²) in [6.45, 7) is 2.13. The number of methoxy groups -OCH3 is 1. The molecular weight excluding hydrogens is 272 g/mol. The van der Waals surface area contributed by atoms with E-state index in [1.165, 1.54) is 0 Å². The molecule has 0 saturated carbocycles. The maximum Gasteiger partial charge on any atom is 0.126 e. The van der Waals surface area contributed by atoms with Crippen LogP contribution in [0.4, 0.5) is 5.82 Å². The first kappa shape index (κ1) is 11.8. The van der Waals surface area contributed by atoms with Crippen molar-refractivity contribution >= 4 is 21.7 Å². The van der Waals surface area contributed by atoms with Gasteiger partial charge in [0.2, 0.25) is 0 Å². The third-order valence-corrected chi connectivity index (χ3v) is 3.29. The Balaban J connectivity index is 1.93. The molecule has 0 aliphatic carbocycles. The van der Waals surface area contributed by atoms with E-state index in [4.69, 9.17) is 9.47 Å². The molecule has 88 valence electrons. The van der Waals surface area contributed by atoms with E-state index in [1.807, 2.05) is 12.1 Å². The van der Waals surface area contributed by atoms with Gasteiger partial charge in [-0.15, -0.1) is 0 Å². The second kappa shape index (κ2) is 5.12. The number of nitrogens with zero attached hydrogens (tertiary/aromatic N) is 1. The zero-order valence-electron chi connectivity index (χ0n) is 9.20. The lowest BCUT2D eigenvalue weighted by Crippen LogP contribution is -2.39. The molecule has 1 aliphatic rings. The van der Waals surface area contributed by atoms with E-state index in [-0.39, 0.29) is 5.60 Å².